The van der Waals surface area contributed by atoms with E-state index in [9.17, 15) is 9.18 Å². The van der Waals surface area contributed by atoms with Crippen molar-refractivity contribution in [2.45, 2.75) is 62.4 Å². The van der Waals surface area contributed by atoms with Crippen molar-refractivity contribution in [3.05, 3.63) is 42.0 Å². The Kier molecular flexibility index (Phi) is 3.81. The van der Waals surface area contributed by atoms with Crippen molar-refractivity contribution in [2.24, 2.45) is 11.8 Å². The lowest BCUT2D eigenvalue weighted by atomic mass is 9.50. The highest BCUT2D eigenvalue weighted by molar-refractivity contribution is 5.77. The monoisotopic (exact) mass is 369 g/mol. The summed E-state index contributed by atoms with van der Waals surface area (Å²) in [4.78, 5) is 14.5. The number of rotatable bonds is 5. The van der Waals surface area contributed by atoms with Crippen molar-refractivity contribution in [3.8, 4) is 0 Å². The molecule has 1 amide bonds. The number of tetrazole rings is 1. The maximum absolute atomic E-state index is 13.3. The number of hydrogen-bond donors (Lipinski definition) is 1. The number of nitrogens with zero attached hydrogens (tertiary/aromatic N) is 4. The van der Waals surface area contributed by atoms with Gasteiger partial charge in [0.05, 0.1) is 5.54 Å². The van der Waals surface area contributed by atoms with Gasteiger partial charge in [-0.3, -0.25) is 4.79 Å². The topological polar surface area (TPSA) is 72.7 Å². The van der Waals surface area contributed by atoms with Gasteiger partial charge >= 0.3 is 0 Å². The van der Waals surface area contributed by atoms with Gasteiger partial charge in [0.25, 0.3) is 0 Å². The number of carbonyl (C=O) groups is 1. The summed E-state index contributed by atoms with van der Waals surface area (Å²) in [5, 5.41) is 15.8. The number of hydrogen-bond acceptors (Lipinski definition) is 4. The normalized spacial score (nSPS) is 34.0. The predicted octanol–water partition coefficient (Wildman–Crippen LogP) is 2.61. The molecule has 0 saturated heterocycles. The minimum Gasteiger partial charge on any atom is -0.351 e. The summed E-state index contributed by atoms with van der Waals surface area (Å²) in [7, 11) is 0. The molecule has 7 heteroatoms. The van der Waals surface area contributed by atoms with E-state index in [1.54, 1.807) is 10.9 Å². The average molecular weight is 369 g/mol. The standard InChI is InChI=1S/C20H24FN5O/c21-17-3-1-2-14(7-17)4-5-18(27)24-19-8-15-6-16(9-19)11-20(10-15,12-19)26-23-13-22-25-26/h1-3,7,13,15-16H,4-6,8-12H2,(H,24,27). The molecular weight excluding hydrogens is 345 g/mol. The zero-order valence-corrected chi connectivity index (χ0v) is 15.3. The second-order valence-electron chi connectivity index (χ2n) is 8.87. The molecule has 6 nitrogen and oxygen atoms in total. The van der Waals surface area contributed by atoms with Crippen LogP contribution in [0.25, 0.3) is 0 Å². The maximum atomic E-state index is 13.3. The molecule has 1 aromatic carbocycles. The van der Waals surface area contributed by atoms with Gasteiger partial charge in [-0.05, 0) is 79.7 Å². The van der Waals surface area contributed by atoms with Crippen LogP contribution in [-0.4, -0.2) is 31.7 Å². The lowest BCUT2D eigenvalue weighted by Crippen LogP contribution is -2.66. The number of nitrogens with one attached hydrogen (secondary N) is 1. The first-order valence-corrected chi connectivity index (χ1v) is 9.83. The van der Waals surface area contributed by atoms with Crippen LogP contribution < -0.4 is 5.32 Å². The van der Waals surface area contributed by atoms with Gasteiger partial charge < -0.3 is 5.32 Å². The summed E-state index contributed by atoms with van der Waals surface area (Å²) >= 11 is 0. The molecule has 1 N–H and O–H groups in total. The van der Waals surface area contributed by atoms with Gasteiger partial charge in [-0.1, -0.05) is 12.1 Å². The van der Waals surface area contributed by atoms with E-state index in [-0.39, 0.29) is 22.8 Å². The summed E-state index contributed by atoms with van der Waals surface area (Å²) in [5.74, 6) is 1.03. The molecule has 1 heterocycles. The van der Waals surface area contributed by atoms with Crippen molar-refractivity contribution < 1.29 is 9.18 Å². The quantitative estimate of drug-likeness (QED) is 0.879. The maximum Gasteiger partial charge on any atom is 0.220 e. The molecule has 0 radical (unpaired) electrons. The Morgan fingerprint density at radius 1 is 1.26 bits per heavy atom. The fourth-order valence-corrected chi connectivity index (χ4v) is 6.29. The van der Waals surface area contributed by atoms with Crippen LogP contribution in [0.3, 0.4) is 0 Å². The van der Waals surface area contributed by atoms with E-state index < -0.39 is 0 Å². The zero-order valence-electron chi connectivity index (χ0n) is 15.3. The second-order valence-corrected chi connectivity index (χ2v) is 8.87. The van der Waals surface area contributed by atoms with Gasteiger partial charge in [0.15, 0.2) is 6.33 Å². The summed E-state index contributed by atoms with van der Waals surface area (Å²) in [6, 6.07) is 6.49. The summed E-state index contributed by atoms with van der Waals surface area (Å²) in [6.45, 7) is 0. The minimum absolute atomic E-state index is 0.0583. The van der Waals surface area contributed by atoms with Crippen LogP contribution in [0, 0.1) is 17.7 Å². The molecule has 4 bridgehead atoms. The highest BCUT2D eigenvalue weighted by Gasteiger charge is 2.60. The Labute approximate surface area is 157 Å². The highest BCUT2D eigenvalue weighted by atomic mass is 19.1. The third-order valence-electron chi connectivity index (χ3n) is 6.74. The third kappa shape index (κ3) is 3.03. The molecule has 4 saturated carbocycles. The number of carbonyl (C=O) groups excluding carboxylic acids is 1. The second kappa shape index (κ2) is 6.11. The van der Waals surface area contributed by atoms with E-state index in [0.29, 0.717) is 24.7 Å². The molecule has 2 aromatic rings. The predicted molar refractivity (Wildman–Crippen MR) is 96.1 cm³/mol. The number of aromatic nitrogens is 4. The van der Waals surface area contributed by atoms with Gasteiger partial charge in [-0.15, -0.1) is 10.2 Å². The Morgan fingerprint density at radius 3 is 2.78 bits per heavy atom. The Balaban J connectivity index is 1.30. The van der Waals surface area contributed by atoms with Crippen LogP contribution in [-0.2, 0) is 16.8 Å². The molecule has 2 unspecified atom stereocenters. The van der Waals surface area contributed by atoms with Crippen LogP contribution in [0.5, 0.6) is 0 Å². The molecule has 4 aliphatic carbocycles. The van der Waals surface area contributed by atoms with Crippen LogP contribution in [0.1, 0.15) is 50.5 Å². The van der Waals surface area contributed by atoms with Crippen molar-refractivity contribution in [1.82, 2.24) is 25.5 Å². The highest BCUT2D eigenvalue weighted by Crippen LogP contribution is 2.60. The zero-order chi connectivity index (χ0) is 18.5. The summed E-state index contributed by atoms with van der Waals surface area (Å²) in [6.07, 6.45) is 8.84. The van der Waals surface area contributed by atoms with Crippen molar-refractivity contribution >= 4 is 5.91 Å². The van der Waals surface area contributed by atoms with Crippen molar-refractivity contribution in [2.75, 3.05) is 0 Å². The molecule has 0 spiro atoms. The molecule has 0 aliphatic heterocycles. The first kappa shape index (κ1) is 16.8. The number of aryl methyl sites for hydroxylation is 1. The van der Waals surface area contributed by atoms with E-state index in [1.165, 1.54) is 24.9 Å². The Morgan fingerprint density at radius 2 is 2.07 bits per heavy atom. The van der Waals surface area contributed by atoms with Gasteiger partial charge in [0, 0.05) is 12.0 Å². The van der Waals surface area contributed by atoms with Crippen LogP contribution >= 0.6 is 0 Å². The van der Waals surface area contributed by atoms with Crippen LogP contribution in [0.4, 0.5) is 4.39 Å². The summed E-state index contributed by atoms with van der Waals surface area (Å²) in [5.41, 5.74) is 0.603. The lowest BCUT2D eigenvalue weighted by Gasteiger charge is -2.61. The van der Waals surface area contributed by atoms with E-state index >= 15 is 0 Å². The van der Waals surface area contributed by atoms with Gasteiger partial charge in [0.1, 0.15) is 5.82 Å². The third-order valence-corrected chi connectivity index (χ3v) is 6.74. The van der Waals surface area contributed by atoms with Crippen molar-refractivity contribution in [3.63, 3.8) is 0 Å². The van der Waals surface area contributed by atoms with Crippen molar-refractivity contribution in [1.29, 1.82) is 0 Å². The Bertz CT molecular complexity index is 838. The molecular formula is C20H24FN5O. The number of amides is 1. The number of benzene rings is 1. The summed E-state index contributed by atoms with van der Waals surface area (Å²) < 4.78 is 13.3. The first-order valence-electron chi connectivity index (χ1n) is 9.83. The first-order chi connectivity index (χ1) is 13.0. The van der Waals surface area contributed by atoms with E-state index in [1.807, 2.05) is 6.07 Å². The smallest absolute Gasteiger partial charge is 0.220 e. The molecule has 1 aromatic heterocycles. The molecule has 4 aliphatic rings. The van der Waals surface area contributed by atoms with E-state index in [4.69, 9.17) is 0 Å². The molecule has 2 atom stereocenters. The average Bonchev–Trinajstić information content (AvgIpc) is 3.14. The van der Waals surface area contributed by atoms with Crippen LogP contribution in [0.2, 0.25) is 0 Å². The fraction of sp³-hybridized carbons (Fsp3) is 0.600. The van der Waals surface area contributed by atoms with Gasteiger partial charge in [-0.2, -0.15) is 4.80 Å². The molecule has 27 heavy (non-hydrogen) atoms. The molecule has 4 fully saturated rings. The van der Waals surface area contributed by atoms with E-state index in [0.717, 1.165) is 37.7 Å². The molecule has 142 valence electrons. The Hall–Kier alpha value is -2.31. The minimum atomic E-state index is -0.253. The van der Waals surface area contributed by atoms with Crippen LogP contribution in [0.15, 0.2) is 30.6 Å². The number of halogens is 1. The fourth-order valence-electron chi connectivity index (χ4n) is 6.29. The van der Waals surface area contributed by atoms with Gasteiger partial charge in [0.2, 0.25) is 5.91 Å². The largest absolute Gasteiger partial charge is 0.351 e. The van der Waals surface area contributed by atoms with E-state index in [2.05, 4.69) is 20.7 Å². The molecule has 6 rings (SSSR count). The van der Waals surface area contributed by atoms with Gasteiger partial charge in [-0.25, -0.2) is 4.39 Å². The lowest BCUT2D eigenvalue weighted by molar-refractivity contribution is -0.131. The SMILES string of the molecule is O=C(CCc1cccc(F)c1)NC12CC3CC(C1)CC(n1ncnn1)(C3)C2.